The van der Waals surface area contributed by atoms with E-state index in [2.05, 4.69) is 10.5 Å². The van der Waals surface area contributed by atoms with Crippen LogP contribution in [-0.2, 0) is 9.53 Å². The molecule has 1 aliphatic rings. The second-order valence-electron chi connectivity index (χ2n) is 5.58. The van der Waals surface area contributed by atoms with Gasteiger partial charge in [-0.15, -0.1) is 0 Å². The van der Waals surface area contributed by atoms with Crippen LogP contribution >= 0.6 is 0 Å². The van der Waals surface area contributed by atoms with Gasteiger partial charge in [-0.25, -0.2) is 4.79 Å². The van der Waals surface area contributed by atoms with E-state index in [1.807, 2.05) is 18.2 Å². The van der Waals surface area contributed by atoms with Gasteiger partial charge in [-0.2, -0.15) is 0 Å². The van der Waals surface area contributed by atoms with Crippen LogP contribution in [-0.4, -0.2) is 42.9 Å². The topological polar surface area (TPSA) is 99.9 Å². The molecule has 0 aliphatic carbocycles. The number of ether oxygens (including phenoxy) is 3. The molecule has 0 radical (unpaired) electrons. The lowest BCUT2D eigenvalue weighted by Crippen LogP contribution is -2.42. The number of aromatic nitrogens is 1. The van der Waals surface area contributed by atoms with E-state index in [9.17, 15) is 9.59 Å². The standard InChI is InChI=1S/C17H18N2O6/c1-10-16(11(2)25-19-10)17(21)23-9-15(20)18-7-12-8-22-13-5-3-4-6-14(13)24-12/h3-6,12H,7-9H2,1-2H3,(H,18,20)/t12-/m1/s1. The second kappa shape index (κ2) is 7.25. The molecule has 0 unspecified atom stereocenters. The van der Waals surface area contributed by atoms with E-state index in [1.165, 1.54) is 0 Å². The minimum atomic E-state index is -0.641. The first kappa shape index (κ1) is 16.8. The maximum Gasteiger partial charge on any atom is 0.344 e. The number of rotatable bonds is 5. The van der Waals surface area contributed by atoms with Crippen molar-refractivity contribution in [2.75, 3.05) is 19.8 Å². The van der Waals surface area contributed by atoms with Crippen molar-refractivity contribution in [1.82, 2.24) is 10.5 Å². The maximum atomic E-state index is 11.9. The molecular formula is C17H18N2O6. The van der Waals surface area contributed by atoms with E-state index < -0.39 is 18.5 Å². The molecule has 0 saturated heterocycles. The fraction of sp³-hybridized carbons (Fsp3) is 0.353. The van der Waals surface area contributed by atoms with Gasteiger partial charge in [0.25, 0.3) is 5.91 Å². The summed E-state index contributed by atoms with van der Waals surface area (Å²) in [6.07, 6.45) is -0.308. The average Bonchev–Trinajstić information content (AvgIpc) is 2.96. The molecule has 3 rings (SSSR count). The predicted molar refractivity (Wildman–Crippen MR) is 85.6 cm³/mol. The summed E-state index contributed by atoms with van der Waals surface area (Å²) in [5.74, 6) is 0.603. The van der Waals surface area contributed by atoms with Crippen LogP contribution < -0.4 is 14.8 Å². The highest BCUT2D eigenvalue weighted by Gasteiger charge is 2.22. The minimum absolute atomic E-state index is 0.244. The zero-order valence-corrected chi connectivity index (χ0v) is 13.9. The maximum absolute atomic E-state index is 11.9. The number of fused-ring (bicyclic) bond motifs is 1. The number of esters is 1. The molecule has 1 aliphatic heterocycles. The summed E-state index contributed by atoms with van der Waals surface area (Å²) < 4.78 is 21.2. The van der Waals surface area contributed by atoms with Crippen molar-refractivity contribution < 1.29 is 28.3 Å². The summed E-state index contributed by atoms with van der Waals surface area (Å²) in [6.45, 7) is 3.42. The summed E-state index contributed by atoms with van der Waals surface area (Å²) in [6, 6.07) is 7.32. The van der Waals surface area contributed by atoms with Crippen molar-refractivity contribution in [3.8, 4) is 11.5 Å². The highest BCUT2D eigenvalue weighted by Crippen LogP contribution is 2.30. The van der Waals surface area contributed by atoms with E-state index in [4.69, 9.17) is 18.7 Å². The number of carbonyl (C=O) groups is 2. The summed E-state index contributed by atoms with van der Waals surface area (Å²) in [5, 5.41) is 6.33. The first-order chi connectivity index (χ1) is 12.0. The number of nitrogens with zero attached hydrogens (tertiary/aromatic N) is 1. The highest BCUT2D eigenvalue weighted by atomic mass is 16.6. The SMILES string of the molecule is Cc1noc(C)c1C(=O)OCC(=O)NC[C@@H]1COc2ccccc2O1. The van der Waals surface area contributed by atoms with E-state index in [0.29, 0.717) is 29.6 Å². The van der Waals surface area contributed by atoms with Crippen LogP contribution in [0, 0.1) is 13.8 Å². The fourth-order valence-corrected chi connectivity index (χ4v) is 2.42. The van der Waals surface area contributed by atoms with Crippen molar-refractivity contribution in [3.63, 3.8) is 0 Å². The molecule has 1 atom stereocenters. The van der Waals surface area contributed by atoms with Crippen LogP contribution in [0.5, 0.6) is 11.5 Å². The van der Waals surface area contributed by atoms with Crippen molar-refractivity contribution in [3.05, 3.63) is 41.3 Å². The van der Waals surface area contributed by atoms with Gasteiger partial charge in [0.05, 0.1) is 12.2 Å². The molecule has 0 saturated carbocycles. The van der Waals surface area contributed by atoms with Crippen molar-refractivity contribution in [2.24, 2.45) is 0 Å². The van der Waals surface area contributed by atoms with Crippen molar-refractivity contribution in [2.45, 2.75) is 20.0 Å². The van der Waals surface area contributed by atoms with Gasteiger partial charge in [0.15, 0.2) is 18.1 Å². The second-order valence-corrected chi connectivity index (χ2v) is 5.58. The van der Waals surface area contributed by atoms with E-state index in [1.54, 1.807) is 19.9 Å². The molecule has 2 aromatic rings. The predicted octanol–water partition coefficient (Wildman–Crippen LogP) is 1.40. The number of hydrogen-bond donors (Lipinski definition) is 1. The largest absolute Gasteiger partial charge is 0.486 e. The third-order valence-corrected chi connectivity index (χ3v) is 3.67. The number of benzene rings is 1. The molecule has 25 heavy (non-hydrogen) atoms. The normalized spacial score (nSPS) is 15.5. The zero-order chi connectivity index (χ0) is 17.8. The van der Waals surface area contributed by atoms with Crippen molar-refractivity contribution in [1.29, 1.82) is 0 Å². The Morgan fingerprint density at radius 2 is 2.04 bits per heavy atom. The smallest absolute Gasteiger partial charge is 0.344 e. The van der Waals surface area contributed by atoms with Gasteiger partial charge in [-0.1, -0.05) is 17.3 Å². The molecule has 1 aromatic heterocycles. The molecule has 132 valence electrons. The van der Waals surface area contributed by atoms with Gasteiger partial charge in [-0.3, -0.25) is 4.79 Å². The van der Waals surface area contributed by atoms with Crippen molar-refractivity contribution >= 4 is 11.9 Å². The Labute approximate surface area is 144 Å². The lowest BCUT2D eigenvalue weighted by molar-refractivity contribution is -0.124. The van der Waals surface area contributed by atoms with Crippen LogP contribution in [0.3, 0.4) is 0 Å². The lowest BCUT2D eigenvalue weighted by atomic mass is 10.2. The molecule has 1 amide bonds. The molecule has 1 N–H and O–H groups in total. The summed E-state index contributed by atoms with van der Waals surface area (Å²) in [4.78, 5) is 23.8. The Bertz CT molecular complexity index is 766. The monoisotopic (exact) mass is 346 g/mol. The summed E-state index contributed by atoms with van der Waals surface area (Å²) in [5.41, 5.74) is 0.669. The molecule has 2 heterocycles. The zero-order valence-electron chi connectivity index (χ0n) is 13.9. The van der Waals surface area contributed by atoms with Crippen LogP contribution in [0.15, 0.2) is 28.8 Å². The Morgan fingerprint density at radius 3 is 2.76 bits per heavy atom. The Hall–Kier alpha value is -3.03. The molecular weight excluding hydrogens is 328 g/mol. The van der Waals surface area contributed by atoms with Gasteiger partial charge in [-0.05, 0) is 26.0 Å². The number of aryl methyl sites for hydroxylation is 2. The fourth-order valence-electron chi connectivity index (χ4n) is 2.42. The van der Waals surface area contributed by atoms with Gasteiger partial charge >= 0.3 is 5.97 Å². The third kappa shape index (κ3) is 3.90. The first-order valence-corrected chi connectivity index (χ1v) is 7.79. The number of nitrogens with one attached hydrogen (secondary N) is 1. The number of hydrogen-bond acceptors (Lipinski definition) is 7. The van der Waals surface area contributed by atoms with Crippen LogP contribution in [0.4, 0.5) is 0 Å². The molecule has 0 spiro atoms. The third-order valence-electron chi connectivity index (χ3n) is 3.67. The molecule has 1 aromatic carbocycles. The summed E-state index contributed by atoms with van der Waals surface area (Å²) >= 11 is 0. The average molecular weight is 346 g/mol. The number of carbonyl (C=O) groups excluding carboxylic acids is 2. The highest BCUT2D eigenvalue weighted by molar-refractivity contribution is 5.93. The van der Waals surface area contributed by atoms with E-state index in [0.717, 1.165) is 0 Å². The Morgan fingerprint density at radius 1 is 1.28 bits per heavy atom. The molecule has 8 heteroatoms. The van der Waals surface area contributed by atoms with Gasteiger partial charge in [0.2, 0.25) is 0 Å². The molecule has 8 nitrogen and oxygen atoms in total. The van der Waals surface area contributed by atoms with Gasteiger partial charge in [0, 0.05) is 0 Å². The Balaban J connectivity index is 1.44. The van der Waals surface area contributed by atoms with Crippen LogP contribution in [0.1, 0.15) is 21.8 Å². The van der Waals surface area contributed by atoms with Crippen LogP contribution in [0.25, 0.3) is 0 Å². The molecule has 0 bridgehead atoms. The minimum Gasteiger partial charge on any atom is -0.486 e. The quantitative estimate of drug-likeness (QED) is 0.817. The summed E-state index contributed by atoms with van der Waals surface area (Å²) in [7, 11) is 0. The van der Waals surface area contributed by atoms with Gasteiger partial charge in [0.1, 0.15) is 24.0 Å². The van der Waals surface area contributed by atoms with Crippen LogP contribution in [0.2, 0.25) is 0 Å². The molecule has 0 fully saturated rings. The first-order valence-electron chi connectivity index (χ1n) is 7.79. The van der Waals surface area contributed by atoms with E-state index in [-0.39, 0.29) is 18.2 Å². The van der Waals surface area contributed by atoms with Gasteiger partial charge < -0.3 is 24.1 Å². The number of para-hydroxylation sites is 2. The Kier molecular flexibility index (Phi) is 4.87. The van der Waals surface area contributed by atoms with E-state index >= 15 is 0 Å². The lowest BCUT2D eigenvalue weighted by Gasteiger charge is -2.26. The number of amides is 1.